The maximum atomic E-state index is 11.8. The van der Waals surface area contributed by atoms with Crippen LogP contribution in [-0.4, -0.2) is 29.3 Å². The molecule has 5 heteroatoms. The Bertz CT molecular complexity index is 1030. The zero-order valence-corrected chi connectivity index (χ0v) is 17.8. The van der Waals surface area contributed by atoms with Crippen LogP contribution in [0.25, 0.3) is 11.3 Å². The van der Waals surface area contributed by atoms with Crippen LogP contribution in [0.3, 0.4) is 0 Å². The van der Waals surface area contributed by atoms with Crippen molar-refractivity contribution in [2.24, 2.45) is 0 Å². The molecule has 0 radical (unpaired) electrons. The SMILES string of the molecule is COc1ccc(OC(C)C)c(-c2ccc(C(=O)O)c(CCc3ccc(C)cc3)n2)c1. The van der Waals surface area contributed by atoms with Crippen LogP contribution in [-0.2, 0) is 12.8 Å². The van der Waals surface area contributed by atoms with E-state index in [9.17, 15) is 9.90 Å². The van der Waals surface area contributed by atoms with Gasteiger partial charge in [0.15, 0.2) is 0 Å². The number of ether oxygens (including phenoxy) is 2. The number of carbonyl (C=O) groups is 1. The van der Waals surface area contributed by atoms with Gasteiger partial charge in [0.2, 0.25) is 0 Å². The quantitative estimate of drug-likeness (QED) is 0.548. The van der Waals surface area contributed by atoms with Crippen LogP contribution in [0.1, 0.15) is 41.0 Å². The van der Waals surface area contributed by atoms with Crippen LogP contribution < -0.4 is 9.47 Å². The molecule has 3 rings (SSSR count). The summed E-state index contributed by atoms with van der Waals surface area (Å²) in [6.45, 7) is 5.96. The average molecular weight is 405 g/mol. The van der Waals surface area contributed by atoms with Crippen molar-refractivity contribution < 1.29 is 19.4 Å². The first-order valence-corrected chi connectivity index (χ1v) is 10.0. The molecule has 0 aliphatic rings. The van der Waals surface area contributed by atoms with Gasteiger partial charge in [-0.05, 0) is 69.5 Å². The van der Waals surface area contributed by atoms with Crippen molar-refractivity contribution in [3.8, 4) is 22.8 Å². The summed E-state index contributed by atoms with van der Waals surface area (Å²) in [7, 11) is 1.61. The number of carboxylic acids is 1. The lowest BCUT2D eigenvalue weighted by Crippen LogP contribution is -2.09. The molecule has 1 aromatic heterocycles. The number of aryl methyl sites for hydroxylation is 3. The van der Waals surface area contributed by atoms with E-state index in [4.69, 9.17) is 14.5 Å². The molecule has 1 N–H and O–H groups in total. The standard InChI is InChI=1S/C25H27NO4/c1-16(2)30-24-14-10-19(29-4)15-21(24)23-13-11-20(25(27)28)22(26-23)12-9-18-7-5-17(3)6-8-18/h5-8,10-11,13-16H,9,12H2,1-4H3,(H,27,28). The van der Waals surface area contributed by atoms with Crippen LogP contribution in [0.2, 0.25) is 0 Å². The van der Waals surface area contributed by atoms with Crippen LogP contribution in [0.5, 0.6) is 11.5 Å². The fraction of sp³-hybridized carbons (Fsp3) is 0.280. The second-order valence-electron chi connectivity index (χ2n) is 7.51. The van der Waals surface area contributed by atoms with Crippen molar-refractivity contribution >= 4 is 5.97 Å². The molecule has 0 amide bonds. The second kappa shape index (κ2) is 9.44. The molecule has 0 aliphatic carbocycles. The van der Waals surface area contributed by atoms with E-state index >= 15 is 0 Å². The fourth-order valence-corrected chi connectivity index (χ4v) is 3.25. The summed E-state index contributed by atoms with van der Waals surface area (Å²) in [5.41, 5.74) is 4.55. The number of methoxy groups -OCH3 is 1. The Hall–Kier alpha value is -3.34. The van der Waals surface area contributed by atoms with Crippen LogP contribution in [0.4, 0.5) is 0 Å². The fourth-order valence-electron chi connectivity index (χ4n) is 3.25. The number of carboxylic acid groups (broad SMARTS) is 1. The van der Waals surface area contributed by atoms with Crippen LogP contribution >= 0.6 is 0 Å². The van der Waals surface area contributed by atoms with E-state index in [1.807, 2.05) is 39.0 Å². The predicted molar refractivity (Wildman–Crippen MR) is 118 cm³/mol. The normalized spacial score (nSPS) is 10.8. The van der Waals surface area contributed by atoms with E-state index in [0.29, 0.717) is 35.7 Å². The zero-order valence-electron chi connectivity index (χ0n) is 17.8. The monoisotopic (exact) mass is 405 g/mol. The second-order valence-corrected chi connectivity index (χ2v) is 7.51. The van der Waals surface area contributed by atoms with Crippen molar-refractivity contribution in [1.82, 2.24) is 4.98 Å². The molecule has 0 unspecified atom stereocenters. The van der Waals surface area contributed by atoms with Gasteiger partial charge in [-0.3, -0.25) is 4.98 Å². The molecule has 5 nitrogen and oxygen atoms in total. The van der Waals surface area contributed by atoms with Gasteiger partial charge in [-0.2, -0.15) is 0 Å². The number of aromatic carboxylic acids is 1. The van der Waals surface area contributed by atoms with Crippen molar-refractivity contribution in [3.05, 3.63) is 77.0 Å². The number of hydrogen-bond donors (Lipinski definition) is 1. The summed E-state index contributed by atoms with van der Waals surface area (Å²) < 4.78 is 11.3. The Morgan fingerprint density at radius 1 is 1.03 bits per heavy atom. The Labute approximate surface area is 177 Å². The van der Waals surface area contributed by atoms with E-state index in [-0.39, 0.29) is 11.7 Å². The Morgan fingerprint density at radius 2 is 1.77 bits per heavy atom. The predicted octanol–water partition coefficient (Wildman–Crippen LogP) is 5.34. The number of nitrogens with zero attached hydrogens (tertiary/aromatic N) is 1. The molecule has 0 fully saturated rings. The molecule has 0 bridgehead atoms. The van der Waals surface area contributed by atoms with Crippen LogP contribution in [0.15, 0.2) is 54.6 Å². The average Bonchev–Trinajstić information content (AvgIpc) is 2.73. The highest BCUT2D eigenvalue weighted by atomic mass is 16.5. The Kier molecular flexibility index (Phi) is 6.72. The smallest absolute Gasteiger partial charge is 0.337 e. The Balaban J connectivity index is 1.99. The molecule has 0 aliphatic heterocycles. The first-order valence-electron chi connectivity index (χ1n) is 10.0. The molecule has 3 aromatic rings. The lowest BCUT2D eigenvalue weighted by atomic mass is 10.0. The summed E-state index contributed by atoms with van der Waals surface area (Å²) in [6, 6.07) is 17.1. The van der Waals surface area contributed by atoms with E-state index < -0.39 is 5.97 Å². The minimum Gasteiger partial charge on any atom is -0.497 e. The van der Waals surface area contributed by atoms with Crippen molar-refractivity contribution in [2.75, 3.05) is 7.11 Å². The number of benzene rings is 2. The largest absolute Gasteiger partial charge is 0.497 e. The number of aromatic nitrogens is 1. The van der Waals surface area contributed by atoms with Gasteiger partial charge in [0.25, 0.3) is 0 Å². The van der Waals surface area contributed by atoms with Gasteiger partial charge in [0.1, 0.15) is 11.5 Å². The number of hydrogen-bond acceptors (Lipinski definition) is 4. The third-order valence-electron chi connectivity index (χ3n) is 4.80. The van der Waals surface area contributed by atoms with Gasteiger partial charge in [-0.15, -0.1) is 0 Å². The highest BCUT2D eigenvalue weighted by Gasteiger charge is 2.16. The molecule has 0 saturated carbocycles. The first kappa shape index (κ1) is 21.4. The van der Waals surface area contributed by atoms with Crippen molar-refractivity contribution in [2.45, 2.75) is 39.7 Å². The minimum atomic E-state index is -0.975. The molecule has 2 aromatic carbocycles. The van der Waals surface area contributed by atoms with E-state index in [0.717, 1.165) is 11.1 Å². The summed E-state index contributed by atoms with van der Waals surface area (Å²) in [5, 5.41) is 9.63. The molecular formula is C25H27NO4. The Morgan fingerprint density at radius 3 is 2.40 bits per heavy atom. The highest BCUT2D eigenvalue weighted by molar-refractivity contribution is 5.89. The summed E-state index contributed by atoms with van der Waals surface area (Å²) in [6.07, 6.45) is 1.24. The van der Waals surface area contributed by atoms with Gasteiger partial charge in [-0.1, -0.05) is 29.8 Å². The van der Waals surface area contributed by atoms with Gasteiger partial charge in [0.05, 0.1) is 30.2 Å². The van der Waals surface area contributed by atoms with E-state index in [2.05, 4.69) is 24.3 Å². The third kappa shape index (κ3) is 5.17. The van der Waals surface area contributed by atoms with Crippen molar-refractivity contribution in [1.29, 1.82) is 0 Å². The van der Waals surface area contributed by atoms with Crippen molar-refractivity contribution in [3.63, 3.8) is 0 Å². The van der Waals surface area contributed by atoms with Gasteiger partial charge < -0.3 is 14.6 Å². The maximum absolute atomic E-state index is 11.8. The highest BCUT2D eigenvalue weighted by Crippen LogP contribution is 2.34. The summed E-state index contributed by atoms with van der Waals surface area (Å²) in [4.78, 5) is 16.5. The lowest BCUT2D eigenvalue weighted by Gasteiger charge is -2.16. The molecule has 1 heterocycles. The first-order chi connectivity index (χ1) is 14.4. The third-order valence-corrected chi connectivity index (χ3v) is 4.80. The van der Waals surface area contributed by atoms with Gasteiger partial charge in [-0.25, -0.2) is 4.79 Å². The molecule has 0 spiro atoms. The topological polar surface area (TPSA) is 68.7 Å². The van der Waals surface area contributed by atoms with Gasteiger partial charge >= 0.3 is 5.97 Å². The molecule has 0 atom stereocenters. The summed E-state index contributed by atoms with van der Waals surface area (Å²) in [5.74, 6) is 0.398. The molecule has 0 saturated heterocycles. The number of pyridine rings is 1. The molecular weight excluding hydrogens is 378 g/mol. The molecule has 30 heavy (non-hydrogen) atoms. The molecule has 156 valence electrons. The maximum Gasteiger partial charge on any atom is 0.337 e. The number of rotatable bonds is 8. The van der Waals surface area contributed by atoms with Gasteiger partial charge in [0, 0.05) is 5.56 Å². The van der Waals surface area contributed by atoms with E-state index in [1.165, 1.54) is 5.56 Å². The van der Waals surface area contributed by atoms with E-state index in [1.54, 1.807) is 19.2 Å². The minimum absolute atomic E-state index is 0.00329. The summed E-state index contributed by atoms with van der Waals surface area (Å²) >= 11 is 0. The lowest BCUT2D eigenvalue weighted by molar-refractivity contribution is 0.0695. The zero-order chi connectivity index (χ0) is 21.7. The van der Waals surface area contributed by atoms with Crippen LogP contribution in [0, 0.1) is 6.92 Å².